The topological polar surface area (TPSA) is 69.0 Å². The zero-order chi connectivity index (χ0) is 19.6. The van der Waals surface area contributed by atoms with E-state index in [4.69, 9.17) is 0 Å². The quantitative estimate of drug-likeness (QED) is 0.591. The van der Waals surface area contributed by atoms with Gasteiger partial charge in [-0.05, 0) is 48.1 Å². The largest absolute Gasteiger partial charge is 0.298 e. The molecule has 4 rings (SSSR count). The lowest BCUT2D eigenvalue weighted by Crippen LogP contribution is -2.13. The molecule has 1 saturated carbocycles. The average Bonchev–Trinajstić information content (AvgIpc) is 3.21. The van der Waals surface area contributed by atoms with Crippen molar-refractivity contribution >= 4 is 16.3 Å². The van der Waals surface area contributed by atoms with Gasteiger partial charge < -0.3 is 0 Å². The van der Waals surface area contributed by atoms with Gasteiger partial charge in [0, 0.05) is 24.2 Å². The van der Waals surface area contributed by atoms with Crippen LogP contribution in [0.1, 0.15) is 53.9 Å². The zero-order valence-corrected chi connectivity index (χ0v) is 16.3. The maximum absolute atomic E-state index is 13.1. The van der Waals surface area contributed by atoms with Gasteiger partial charge in [-0.2, -0.15) is 0 Å². The van der Waals surface area contributed by atoms with Gasteiger partial charge >= 0.3 is 0 Å². The highest BCUT2D eigenvalue weighted by Crippen LogP contribution is 2.34. The molecule has 1 fully saturated rings. The SMILES string of the molecule is O=Cc1cc(-c2ccc(C3CCCCC3)cc2)n(S(=O)(=O)c2cccnc2)c1. The van der Waals surface area contributed by atoms with Gasteiger partial charge in [0.15, 0.2) is 6.29 Å². The molecule has 0 saturated heterocycles. The number of aldehydes is 1. The number of hydrogen-bond donors (Lipinski definition) is 0. The molecule has 0 bridgehead atoms. The molecule has 0 unspecified atom stereocenters. The third kappa shape index (κ3) is 3.52. The van der Waals surface area contributed by atoms with Gasteiger partial charge in [0.1, 0.15) is 4.90 Å². The molecule has 0 N–H and O–H groups in total. The number of carbonyl (C=O) groups excluding carboxylic acids is 1. The van der Waals surface area contributed by atoms with E-state index in [0.717, 1.165) is 5.56 Å². The molecule has 2 aromatic heterocycles. The summed E-state index contributed by atoms with van der Waals surface area (Å²) in [6.45, 7) is 0. The van der Waals surface area contributed by atoms with E-state index in [9.17, 15) is 13.2 Å². The Morgan fingerprint density at radius 1 is 1.04 bits per heavy atom. The predicted octanol–water partition coefficient (Wildman–Crippen LogP) is 4.65. The Bertz CT molecular complexity index is 1060. The highest BCUT2D eigenvalue weighted by atomic mass is 32.2. The Balaban J connectivity index is 1.74. The minimum absolute atomic E-state index is 0.0862. The highest BCUT2D eigenvalue weighted by molar-refractivity contribution is 7.90. The molecular weight excluding hydrogens is 372 g/mol. The third-order valence-electron chi connectivity index (χ3n) is 5.42. The molecule has 1 aliphatic carbocycles. The van der Waals surface area contributed by atoms with Crippen LogP contribution < -0.4 is 0 Å². The van der Waals surface area contributed by atoms with Crippen LogP contribution in [-0.2, 0) is 10.0 Å². The Hall–Kier alpha value is -2.73. The van der Waals surface area contributed by atoms with Crippen LogP contribution >= 0.6 is 0 Å². The van der Waals surface area contributed by atoms with Crippen LogP contribution in [0, 0.1) is 0 Å². The minimum Gasteiger partial charge on any atom is -0.298 e. The van der Waals surface area contributed by atoms with Crippen molar-refractivity contribution in [2.24, 2.45) is 0 Å². The van der Waals surface area contributed by atoms with Crippen molar-refractivity contribution in [2.45, 2.75) is 42.9 Å². The standard InChI is InChI=1S/C22H22N2O3S/c25-16-17-13-22(24(15-17)28(26,27)21-7-4-12-23-14-21)20-10-8-19(9-11-20)18-5-2-1-3-6-18/h4,7-16,18H,1-3,5-6H2. The number of pyridine rings is 1. The number of aromatic nitrogens is 2. The molecule has 5 nitrogen and oxygen atoms in total. The molecule has 0 atom stereocenters. The smallest absolute Gasteiger partial charge is 0.269 e. The summed E-state index contributed by atoms with van der Waals surface area (Å²) in [7, 11) is -3.84. The molecule has 0 aliphatic heterocycles. The minimum atomic E-state index is -3.84. The number of rotatable bonds is 5. The second-order valence-electron chi connectivity index (χ2n) is 7.22. The van der Waals surface area contributed by atoms with Crippen LogP contribution in [0.15, 0.2) is 66.0 Å². The van der Waals surface area contributed by atoms with Crippen molar-refractivity contribution in [3.05, 3.63) is 72.2 Å². The van der Waals surface area contributed by atoms with Gasteiger partial charge in [-0.3, -0.25) is 9.78 Å². The Morgan fingerprint density at radius 2 is 1.79 bits per heavy atom. The van der Waals surface area contributed by atoms with Crippen LogP contribution in [0.25, 0.3) is 11.3 Å². The van der Waals surface area contributed by atoms with Gasteiger partial charge in [0.05, 0.1) is 5.69 Å². The number of carbonyl (C=O) groups is 1. The number of hydrogen-bond acceptors (Lipinski definition) is 4. The van der Waals surface area contributed by atoms with E-state index in [2.05, 4.69) is 17.1 Å². The summed E-state index contributed by atoms with van der Waals surface area (Å²) in [5.74, 6) is 0.583. The van der Waals surface area contributed by atoms with Crippen molar-refractivity contribution in [3.63, 3.8) is 0 Å². The Labute approximate surface area is 165 Å². The number of benzene rings is 1. The first-order valence-corrected chi connectivity index (χ1v) is 11.0. The lowest BCUT2D eigenvalue weighted by molar-refractivity contribution is 0.112. The van der Waals surface area contributed by atoms with Crippen LogP contribution in [0.3, 0.4) is 0 Å². The third-order valence-corrected chi connectivity index (χ3v) is 7.07. The molecule has 0 radical (unpaired) electrons. The molecular formula is C22H22N2O3S. The van der Waals surface area contributed by atoms with Crippen LogP contribution in [-0.4, -0.2) is 23.7 Å². The first kappa shape index (κ1) is 18.6. The molecule has 0 amide bonds. The monoisotopic (exact) mass is 394 g/mol. The second-order valence-corrected chi connectivity index (χ2v) is 9.04. The Kier molecular flexibility index (Phi) is 5.13. The van der Waals surface area contributed by atoms with Crippen molar-refractivity contribution in [3.8, 4) is 11.3 Å². The summed E-state index contributed by atoms with van der Waals surface area (Å²) < 4.78 is 27.3. The second kappa shape index (κ2) is 7.72. The lowest BCUT2D eigenvalue weighted by atomic mass is 9.84. The molecule has 144 valence electrons. The van der Waals surface area contributed by atoms with Crippen LogP contribution in [0.4, 0.5) is 0 Å². The van der Waals surface area contributed by atoms with Crippen LogP contribution in [0.2, 0.25) is 0 Å². The normalized spacial score (nSPS) is 15.4. The molecule has 1 aromatic carbocycles. The van der Waals surface area contributed by atoms with Crippen molar-refractivity contribution in [1.82, 2.24) is 8.96 Å². The molecule has 28 heavy (non-hydrogen) atoms. The first-order chi connectivity index (χ1) is 13.6. The fourth-order valence-corrected chi connectivity index (χ4v) is 5.26. The number of nitrogens with zero attached hydrogens (tertiary/aromatic N) is 2. The molecule has 0 spiro atoms. The van der Waals surface area contributed by atoms with E-state index >= 15 is 0 Å². The van der Waals surface area contributed by atoms with Gasteiger partial charge in [-0.25, -0.2) is 12.4 Å². The predicted molar refractivity (Wildman–Crippen MR) is 108 cm³/mol. The molecule has 6 heteroatoms. The highest BCUT2D eigenvalue weighted by Gasteiger charge is 2.22. The van der Waals surface area contributed by atoms with E-state index < -0.39 is 10.0 Å². The Morgan fingerprint density at radius 3 is 2.43 bits per heavy atom. The van der Waals surface area contributed by atoms with Gasteiger partial charge in [-0.15, -0.1) is 0 Å². The summed E-state index contributed by atoms with van der Waals surface area (Å²) in [5, 5.41) is 0. The van der Waals surface area contributed by atoms with Gasteiger partial charge in [-0.1, -0.05) is 43.5 Å². The van der Waals surface area contributed by atoms with Crippen molar-refractivity contribution in [1.29, 1.82) is 0 Å². The van der Waals surface area contributed by atoms with Gasteiger partial charge in [0.2, 0.25) is 0 Å². The summed E-state index contributed by atoms with van der Waals surface area (Å²) in [6.07, 6.45) is 11.1. The summed E-state index contributed by atoms with van der Waals surface area (Å²) >= 11 is 0. The van der Waals surface area contributed by atoms with E-state index in [-0.39, 0.29) is 4.90 Å². The first-order valence-electron chi connectivity index (χ1n) is 9.53. The lowest BCUT2D eigenvalue weighted by Gasteiger charge is -2.22. The fourth-order valence-electron chi connectivity index (χ4n) is 3.91. The summed E-state index contributed by atoms with van der Waals surface area (Å²) in [6, 6.07) is 12.7. The molecule has 1 aliphatic rings. The maximum Gasteiger partial charge on any atom is 0.269 e. The molecule has 3 aromatic rings. The zero-order valence-electron chi connectivity index (χ0n) is 15.5. The fraction of sp³-hybridized carbons (Fsp3) is 0.273. The summed E-state index contributed by atoms with van der Waals surface area (Å²) in [5.41, 5.74) is 2.85. The van der Waals surface area contributed by atoms with Crippen molar-refractivity contribution < 1.29 is 13.2 Å². The molecule has 2 heterocycles. The van der Waals surface area contributed by atoms with Crippen molar-refractivity contribution in [2.75, 3.05) is 0 Å². The maximum atomic E-state index is 13.1. The average molecular weight is 394 g/mol. The van der Waals surface area contributed by atoms with E-state index in [1.54, 1.807) is 12.1 Å². The van der Waals surface area contributed by atoms with E-state index in [1.807, 2.05) is 12.1 Å². The van der Waals surface area contributed by atoms with E-state index in [1.165, 1.54) is 66.3 Å². The van der Waals surface area contributed by atoms with Gasteiger partial charge in [0.25, 0.3) is 10.0 Å². The van der Waals surface area contributed by atoms with E-state index in [0.29, 0.717) is 23.5 Å². The van der Waals surface area contributed by atoms with Crippen LogP contribution in [0.5, 0.6) is 0 Å². The summed E-state index contributed by atoms with van der Waals surface area (Å²) in [4.78, 5) is 15.3.